The highest BCUT2D eigenvalue weighted by molar-refractivity contribution is 5.78. The predicted molar refractivity (Wildman–Crippen MR) is 59.9 cm³/mol. The van der Waals surface area contributed by atoms with E-state index in [1.165, 1.54) is 6.92 Å². The molecule has 0 aromatic heterocycles. The van der Waals surface area contributed by atoms with Crippen molar-refractivity contribution in [3.05, 3.63) is 35.9 Å². The monoisotopic (exact) mass is 224 g/mol. The van der Waals surface area contributed by atoms with Gasteiger partial charge in [-0.2, -0.15) is 0 Å². The summed E-state index contributed by atoms with van der Waals surface area (Å²) in [5.74, 6) is -1.78. The van der Waals surface area contributed by atoms with E-state index in [1.807, 2.05) is 13.8 Å². The van der Waals surface area contributed by atoms with E-state index in [1.54, 1.807) is 30.3 Å². The Morgan fingerprint density at radius 1 is 1.19 bits per heavy atom. The Hall–Kier alpha value is -1.84. The van der Waals surface area contributed by atoms with E-state index in [9.17, 15) is 9.59 Å². The van der Waals surface area contributed by atoms with Gasteiger partial charge in [-0.3, -0.25) is 4.79 Å². The molecule has 0 aliphatic carbocycles. The number of carbonyl (C=O) groups excluding carboxylic acids is 1. The minimum atomic E-state index is -1.21. The fraction of sp³-hybridized carbons (Fsp3) is 0.333. The van der Waals surface area contributed by atoms with E-state index in [0.29, 0.717) is 5.56 Å². The molecule has 0 radical (unpaired) electrons. The molecule has 0 amide bonds. The summed E-state index contributed by atoms with van der Waals surface area (Å²) in [6.07, 6.45) is -1.21. The summed E-state index contributed by atoms with van der Waals surface area (Å²) in [6.45, 7) is 5.18. The summed E-state index contributed by atoms with van der Waals surface area (Å²) in [7, 11) is 0. The zero-order valence-corrected chi connectivity index (χ0v) is 9.64. The molecule has 1 aromatic carbocycles. The maximum atomic E-state index is 10.8. The Morgan fingerprint density at radius 2 is 1.69 bits per heavy atom. The van der Waals surface area contributed by atoms with Crippen molar-refractivity contribution in [1.29, 1.82) is 0 Å². The van der Waals surface area contributed by atoms with Crippen LogP contribution in [0.4, 0.5) is 0 Å². The number of carboxylic acid groups (broad SMARTS) is 1. The fourth-order valence-corrected chi connectivity index (χ4v) is 1.05. The van der Waals surface area contributed by atoms with Crippen LogP contribution in [0.3, 0.4) is 0 Å². The largest absolute Gasteiger partial charge is 0.478 e. The Balaban J connectivity index is 0.00000106. The van der Waals surface area contributed by atoms with Gasteiger partial charge in [-0.25, -0.2) is 4.79 Å². The van der Waals surface area contributed by atoms with Crippen LogP contribution in [-0.4, -0.2) is 17.0 Å². The molecule has 1 unspecified atom stereocenters. The standard InChI is InChI=1S/C10H10O4.C2H6/c1-7(11)14-9(10(12)13)8-5-3-2-4-6-8;1-2/h2-6,9H,1H3,(H,12,13);1-2H3. The number of hydrogen-bond donors (Lipinski definition) is 1. The second kappa shape index (κ2) is 7.45. The van der Waals surface area contributed by atoms with Crippen molar-refractivity contribution < 1.29 is 19.4 Å². The number of carboxylic acids is 1. The van der Waals surface area contributed by atoms with Crippen molar-refractivity contribution >= 4 is 11.9 Å². The van der Waals surface area contributed by atoms with Gasteiger partial charge in [0.05, 0.1) is 0 Å². The van der Waals surface area contributed by atoms with Crippen LogP contribution in [0, 0.1) is 0 Å². The lowest BCUT2D eigenvalue weighted by atomic mass is 10.1. The highest BCUT2D eigenvalue weighted by Gasteiger charge is 2.22. The molecule has 0 aliphatic rings. The van der Waals surface area contributed by atoms with Gasteiger partial charge in [-0.15, -0.1) is 0 Å². The third kappa shape index (κ3) is 4.59. The topological polar surface area (TPSA) is 63.6 Å². The lowest BCUT2D eigenvalue weighted by Gasteiger charge is -2.11. The van der Waals surface area contributed by atoms with Crippen molar-refractivity contribution in [1.82, 2.24) is 0 Å². The molecule has 4 nitrogen and oxygen atoms in total. The Bertz CT molecular complexity index is 332. The van der Waals surface area contributed by atoms with Crippen molar-refractivity contribution in [2.24, 2.45) is 0 Å². The van der Waals surface area contributed by atoms with E-state index in [2.05, 4.69) is 4.74 Å². The van der Waals surface area contributed by atoms with Crippen LogP contribution >= 0.6 is 0 Å². The van der Waals surface area contributed by atoms with Crippen molar-refractivity contribution in [3.63, 3.8) is 0 Å². The highest BCUT2D eigenvalue weighted by atomic mass is 16.6. The Morgan fingerprint density at radius 3 is 2.06 bits per heavy atom. The Labute approximate surface area is 94.9 Å². The second-order valence-corrected chi connectivity index (χ2v) is 2.74. The zero-order valence-electron chi connectivity index (χ0n) is 9.64. The molecule has 0 saturated heterocycles. The first-order chi connectivity index (χ1) is 7.61. The van der Waals surface area contributed by atoms with Crippen LogP contribution in [0.2, 0.25) is 0 Å². The minimum Gasteiger partial charge on any atom is -0.478 e. The van der Waals surface area contributed by atoms with E-state index < -0.39 is 18.0 Å². The first-order valence-corrected chi connectivity index (χ1v) is 5.06. The fourth-order valence-electron chi connectivity index (χ4n) is 1.05. The van der Waals surface area contributed by atoms with Gasteiger partial charge in [0, 0.05) is 12.5 Å². The molecule has 0 saturated carbocycles. The highest BCUT2D eigenvalue weighted by Crippen LogP contribution is 2.17. The van der Waals surface area contributed by atoms with E-state index in [4.69, 9.17) is 5.11 Å². The van der Waals surface area contributed by atoms with Gasteiger partial charge in [0.2, 0.25) is 6.10 Å². The predicted octanol–water partition coefficient (Wildman–Crippen LogP) is 2.40. The molecule has 0 bridgehead atoms. The van der Waals surface area contributed by atoms with Crippen molar-refractivity contribution in [2.45, 2.75) is 26.9 Å². The normalized spacial score (nSPS) is 10.7. The van der Waals surface area contributed by atoms with Gasteiger partial charge in [-0.1, -0.05) is 44.2 Å². The summed E-state index contributed by atoms with van der Waals surface area (Å²) in [5, 5.41) is 8.80. The van der Waals surface area contributed by atoms with Gasteiger partial charge >= 0.3 is 11.9 Å². The van der Waals surface area contributed by atoms with Gasteiger partial charge in [-0.05, 0) is 0 Å². The average Bonchev–Trinajstić information content (AvgIpc) is 2.29. The molecule has 0 spiro atoms. The molecule has 1 atom stereocenters. The molecule has 88 valence electrons. The number of esters is 1. The summed E-state index contributed by atoms with van der Waals surface area (Å²) < 4.78 is 4.66. The van der Waals surface area contributed by atoms with Gasteiger partial charge in [0.1, 0.15) is 0 Å². The minimum absolute atomic E-state index is 0.454. The summed E-state index contributed by atoms with van der Waals surface area (Å²) >= 11 is 0. The third-order valence-electron chi connectivity index (χ3n) is 1.61. The first-order valence-electron chi connectivity index (χ1n) is 5.06. The quantitative estimate of drug-likeness (QED) is 0.801. The molecule has 1 N–H and O–H groups in total. The lowest BCUT2D eigenvalue weighted by Crippen LogP contribution is -2.17. The van der Waals surface area contributed by atoms with Gasteiger partial charge < -0.3 is 9.84 Å². The summed E-state index contributed by atoms with van der Waals surface area (Å²) in [4.78, 5) is 21.4. The average molecular weight is 224 g/mol. The molecule has 16 heavy (non-hydrogen) atoms. The third-order valence-corrected chi connectivity index (χ3v) is 1.61. The maximum absolute atomic E-state index is 10.8. The molecule has 0 aliphatic heterocycles. The first kappa shape index (κ1) is 14.2. The number of hydrogen-bond acceptors (Lipinski definition) is 3. The molecule has 0 fully saturated rings. The molecule has 1 rings (SSSR count). The maximum Gasteiger partial charge on any atom is 0.349 e. The number of rotatable bonds is 3. The number of benzene rings is 1. The van der Waals surface area contributed by atoms with Crippen molar-refractivity contribution in [3.8, 4) is 0 Å². The molecular weight excluding hydrogens is 208 g/mol. The van der Waals surface area contributed by atoms with Crippen LogP contribution in [0.15, 0.2) is 30.3 Å². The van der Waals surface area contributed by atoms with Gasteiger partial charge in [0.15, 0.2) is 0 Å². The van der Waals surface area contributed by atoms with E-state index >= 15 is 0 Å². The molecule has 4 heteroatoms. The number of aliphatic carboxylic acids is 1. The lowest BCUT2D eigenvalue weighted by molar-refractivity contribution is -0.163. The number of carbonyl (C=O) groups is 2. The number of ether oxygens (including phenoxy) is 1. The Kier molecular flexibility index (Phi) is 6.59. The van der Waals surface area contributed by atoms with Crippen LogP contribution in [0.1, 0.15) is 32.4 Å². The van der Waals surface area contributed by atoms with E-state index in [-0.39, 0.29) is 0 Å². The van der Waals surface area contributed by atoms with Crippen LogP contribution in [0.25, 0.3) is 0 Å². The van der Waals surface area contributed by atoms with Gasteiger partial charge in [0.25, 0.3) is 0 Å². The zero-order chi connectivity index (χ0) is 12.6. The molecule has 1 aromatic rings. The summed E-state index contributed by atoms with van der Waals surface area (Å²) in [5.41, 5.74) is 0.454. The van der Waals surface area contributed by atoms with E-state index in [0.717, 1.165) is 0 Å². The molecular formula is C12H16O4. The molecule has 0 heterocycles. The van der Waals surface area contributed by atoms with Crippen LogP contribution in [0.5, 0.6) is 0 Å². The summed E-state index contributed by atoms with van der Waals surface area (Å²) in [6, 6.07) is 8.34. The SMILES string of the molecule is CC.CC(=O)OC(C(=O)O)c1ccccc1. The van der Waals surface area contributed by atoms with Crippen molar-refractivity contribution in [2.75, 3.05) is 0 Å². The smallest absolute Gasteiger partial charge is 0.349 e. The van der Waals surface area contributed by atoms with Crippen LogP contribution < -0.4 is 0 Å². The van der Waals surface area contributed by atoms with Crippen LogP contribution in [-0.2, 0) is 14.3 Å². The second-order valence-electron chi connectivity index (χ2n) is 2.74.